The first-order chi connectivity index (χ1) is 8.00. The maximum atomic E-state index is 11.6. The molecule has 17 heavy (non-hydrogen) atoms. The molecule has 0 aromatic carbocycles. The highest BCUT2D eigenvalue weighted by molar-refractivity contribution is 7.91. The van der Waals surface area contributed by atoms with Gasteiger partial charge in [0.2, 0.25) is 0 Å². The van der Waals surface area contributed by atoms with Crippen LogP contribution in [0.2, 0.25) is 0 Å². The number of sulfone groups is 1. The number of methoxy groups -OCH3 is 1. The van der Waals surface area contributed by atoms with Gasteiger partial charge in [0.1, 0.15) is 0 Å². The highest BCUT2D eigenvalue weighted by Crippen LogP contribution is 2.63. The third kappa shape index (κ3) is 1.66. The monoisotopic (exact) mass is 259 g/mol. The Morgan fingerprint density at radius 1 is 1.18 bits per heavy atom. The molecule has 3 aliphatic rings. The maximum absolute atomic E-state index is 11.6. The first kappa shape index (κ1) is 11.9. The molecule has 1 aliphatic heterocycles. The summed E-state index contributed by atoms with van der Waals surface area (Å²) < 4.78 is 28.6. The van der Waals surface area contributed by atoms with Crippen molar-refractivity contribution in [1.29, 1.82) is 0 Å². The van der Waals surface area contributed by atoms with E-state index >= 15 is 0 Å². The zero-order chi connectivity index (χ0) is 12.3. The molecule has 0 amide bonds. The zero-order valence-corrected chi connectivity index (χ0v) is 11.1. The summed E-state index contributed by atoms with van der Waals surface area (Å²) in [4.78, 5) is 0. The number of nitrogens with two attached hydrogens (primary N) is 1. The molecule has 1 unspecified atom stereocenters. The quantitative estimate of drug-likeness (QED) is 0.790. The van der Waals surface area contributed by atoms with E-state index in [-0.39, 0.29) is 5.41 Å². The number of hydrogen-bond acceptors (Lipinski definition) is 4. The smallest absolute Gasteiger partial charge is 0.150 e. The van der Waals surface area contributed by atoms with E-state index in [0.717, 1.165) is 19.4 Å². The topological polar surface area (TPSA) is 69.4 Å². The van der Waals surface area contributed by atoms with Crippen LogP contribution in [0.3, 0.4) is 0 Å². The molecule has 0 aromatic heterocycles. The van der Waals surface area contributed by atoms with Crippen molar-refractivity contribution in [1.82, 2.24) is 0 Å². The van der Waals surface area contributed by atoms with Crippen molar-refractivity contribution in [2.24, 2.45) is 34.8 Å². The molecule has 1 saturated heterocycles. The van der Waals surface area contributed by atoms with Crippen molar-refractivity contribution in [3.63, 3.8) is 0 Å². The predicted octanol–water partition coefficient (Wildman–Crippen LogP) is 0.279. The van der Waals surface area contributed by atoms with Gasteiger partial charge in [-0.15, -0.1) is 0 Å². The van der Waals surface area contributed by atoms with Crippen LogP contribution in [0.15, 0.2) is 0 Å². The SMILES string of the molecule is COCC1(CN)C[C@@H]2[C@H](C1)[C@H]1CS(=O)(=O)C[C@@H]21. The van der Waals surface area contributed by atoms with Crippen LogP contribution in [0.1, 0.15) is 12.8 Å². The molecule has 2 saturated carbocycles. The third-order valence-electron chi connectivity index (χ3n) is 5.31. The summed E-state index contributed by atoms with van der Waals surface area (Å²) in [6, 6.07) is 0. The summed E-state index contributed by atoms with van der Waals surface area (Å²) in [5.74, 6) is 2.89. The molecular weight excluding hydrogens is 238 g/mol. The van der Waals surface area contributed by atoms with Gasteiger partial charge in [0.15, 0.2) is 9.84 Å². The average molecular weight is 259 g/mol. The number of ether oxygens (including phenoxy) is 1. The fraction of sp³-hybridized carbons (Fsp3) is 1.00. The van der Waals surface area contributed by atoms with Crippen molar-refractivity contribution >= 4 is 9.84 Å². The van der Waals surface area contributed by atoms with Gasteiger partial charge >= 0.3 is 0 Å². The number of hydrogen-bond donors (Lipinski definition) is 1. The molecule has 0 aromatic rings. The Balaban J connectivity index is 1.76. The van der Waals surface area contributed by atoms with Crippen LogP contribution in [0.25, 0.3) is 0 Å². The summed E-state index contributed by atoms with van der Waals surface area (Å²) in [7, 11) is -1.02. The van der Waals surface area contributed by atoms with Crippen molar-refractivity contribution in [3.8, 4) is 0 Å². The average Bonchev–Trinajstić information content (AvgIpc) is 2.74. The Hall–Kier alpha value is -0.130. The van der Waals surface area contributed by atoms with E-state index in [4.69, 9.17) is 10.5 Å². The molecule has 2 N–H and O–H groups in total. The van der Waals surface area contributed by atoms with Crippen LogP contribution < -0.4 is 5.73 Å². The van der Waals surface area contributed by atoms with Crippen molar-refractivity contribution < 1.29 is 13.2 Å². The summed E-state index contributed by atoms with van der Waals surface area (Å²) in [6.07, 6.45) is 2.14. The van der Waals surface area contributed by atoms with E-state index in [1.807, 2.05) is 0 Å². The van der Waals surface area contributed by atoms with Gasteiger partial charge in [0.05, 0.1) is 18.1 Å². The lowest BCUT2D eigenvalue weighted by molar-refractivity contribution is 0.0462. The van der Waals surface area contributed by atoms with Crippen LogP contribution >= 0.6 is 0 Å². The van der Waals surface area contributed by atoms with Crippen LogP contribution in [0.5, 0.6) is 0 Å². The van der Waals surface area contributed by atoms with E-state index in [1.165, 1.54) is 0 Å². The van der Waals surface area contributed by atoms with Gasteiger partial charge in [-0.25, -0.2) is 8.42 Å². The molecule has 0 spiro atoms. The standard InChI is InChI=1S/C12H21NO3S/c1-16-7-12(6-13)2-8-9(3-12)11-5-17(14,15)4-10(8)11/h8-11H,2-7,13H2,1H3/t8-,9+,10+,11-,12?. The second-order valence-corrected chi connectivity index (χ2v) is 8.43. The minimum atomic E-state index is -2.74. The van der Waals surface area contributed by atoms with Crippen molar-refractivity contribution in [3.05, 3.63) is 0 Å². The highest BCUT2D eigenvalue weighted by Gasteiger charge is 2.63. The Kier molecular flexibility index (Phi) is 2.58. The first-order valence-electron chi connectivity index (χ1n) is 6.40. The van der Waals surface area contributed by atoms with E-state index in [0.29, 0.717) is 41.7 Å². The Morgan fingerprint density at radius 3 is 2.12 bits per heavy atom. The Labute approximate surface area is 103 Å². The van der Waals surface area contributed by atoms with Gasteiger partial charge in [-0.3, -0.25) is 0 Å². The predicted molar refractivity (Wildman–Crippen MR) is 65.2 cm³/mol. The molecule has 1 heterocycles. The largest absolute Gasteiger partial charge is 0.384 e. The van der Waals surface area contributed by atoms with Crippen molar-refractivity contribution in [2.75, 3.05) is 31.8 Å². The van der Waals surface area contributed by atoms with Crippen LogP contribution in [-0.2, 0) is 14.6 Å². The van der Waals surface area contributed by atoms with Crippen molar-refractivity contribution in [2.45, 2.75) is 12.8 Å². The summed E-state index contributed by atoms with van der Waals surface area (Å²) in [6.45, 7) is 1.39. The van der Waals surface area contributed by atoms with E-state index in [1.54, 1.807) is 7.11 Å². The van der Waals surface area contributed by atoms with Gasteiger partial charge < -0.3 is 10.5 Å². The van der Waals surface area contributed by atoms with Crippen LogP contribution in [0, 0.1) is 29.1 Å². The molecule has 0 radical (unpaired) electrons. The third-order valence-corrected chi connectivity index (χ3v) is 7.10. The van der Waals surface area contributed by atoms with Gasteiger partial charge in [0, 0.05) is 19.1 Å². The zero-order valence-electron chi connectivity index (χ0n) is 10.3. The molecule has 2 aliphatic carbocycles. The minimum absolute atomic E-state index is 0.123. The number of rotatable bonds is 3. The Bertz CT molecular complexity index is 393. The van der Waals surface area contributed by atoms with Gasteiger partial charge in [-0.1, -0.05) is 0 Å². The van der Waals surface area contributed by atoms with Gasteiger partial charge in [-0.2, -0.15) is 0 Å². The minimum Gasteiger partial charge on any atom is -0.384 e. The summed E-state index contributed by atoms with van der Waals surface area (Å²) in [5.41, 5.74) is 6.04. The first-order valence-corrected chi connectivity index (χ1v) is 8.22. The fourth-order valence-corrected chi connectivity index (χ4v) is 6.91. The molecular formula is C12H21NO3S. The van der Waals surface area contributed by atoms with Crippen LogP contribution in [-0.4, -0.2) is 40.2 Å². The van der Waals surface area contributed by atoms with E-state index < -0.39 is 9.84 Å². The van der Waals surface area contributed by atoms with E-state index in [9.17, 15) is 8.42 Å². The maximum Gasteiger partial charge on any atom is 0.150 e. The fourth-order valence-electron chi connectivity index (χ4n) is 4.61. The molecule has 4 nitrogen and oxygen atoms in total. The molecule has 3 rings (SSSR count). The normalized spacial score (nSPS) is 50.7. The number of fused-ring (bicyclic) bond motifs is 4. The molecule has 0 bridgehead atoms. The lowest BCUT2D eigenvalue weighted by Gasteiger charge is -2.44. The molecule has 5 heteroatoms. The molecule has 5 atom stereocenters. The van der Waals surface area contributed by atoms with Gasteiger partial charge in [-0.05, 0) is 36.5 Å². The second-order valence-electron chi connectivity index (χ2n) is 6.28. The summed E-state index contributed by atoms with van der Waals surface area (Å²) >= 11 is 0. The summed E-state index contributed by atoms with van der Waals surface area (Å²) in [5, 5.41) is 0. The Morgan fingerprint density at radius 2 is 1.71 bits per heavy atom. The molecule has 3 fully saturated rings. The van der Waals surface area contributed by atoms with Crippen LogP contribution in [0.4, 0.5) is 0 Å². The van der Waals surface area contributed by atoms with Gasteiger partial charge in [0.25, 0.3) is 0 Å². The lowest BCUT2D eigenvalue weighted by atomic mass is 9.60. The second kappa shape index (κ2) is 3.68. The van der Waals surface area contributed by atoms with E-state index in [2.05, 4.69) is 0 Å². The highest BCUT2D eigenvalue weighted by atomic mass is 32.2. The molecule has 98 valence electrons. The lowest BCUT2D eigenvalue weighted by Crippen LogP contribution is -2.42.